The van der Waals surface area contributed by atoms with Crippen molar-refractivity contribution in [2.75, 3.05) is 17.7 Å². The van der Waals surface area contributed by atoms with Gasteiger partial charge in [0.2, 0.25) is 5.91 Å². The number of thiophene rings is 1. The Kier molecular flexibility index (Phi) is 6.18. The summed E-state index contributed by atoms with van der Waals surface area (Å²) in [5.41, 5.74) is 2.21. The molecule has 1 amide bonds. The molecule has 0 aliphatic rings. The van der Waals surface area contributed by atoms with Gasteiger partial charge in [-0.3, -0.25) is 4.79 Å². The Hall–Kier alpha value is -2.32. The molecule has 8 heteroatoms. The van der Waals surface area contributed by atoms with Crippen LogP contribution < -0.4 is 5.32 Å². The van der Waals surface area contributed by atoms with E-state index >= 15 is 0 Å². The molecule has 0 saturated carbocycles. The summed E-state index contributed by atoms with van der Waals surface area (Å²) in [4.78, 5) is 33.2. The summed E-state index contributed by atoms with van der Waals surface area (Å²) in [6.45, 7) is 6.14. The van der Waals surface area contributed by atoms with Crippen LogP contribution in [0.15, 0.2) is 35.5 Å². The smallest absolute Gasteiger partial charge is 0.341 e. The van der Waals surface area contributed by atoms with Gasteiger partial charge in [0.25, 0.3) is 0 Å². The molecule has 0 radical (unpaired) electrons. The molecule has 2 aromatic heterocycles. The molecule has 0 unspecified atom stereocenters. The highest BCUT2D eigenvalue weighted by Gasteiger charge is 2.20. The summed E-state index contributed by atoms with van der Waals surface area (Å²) in [5, 5.41) is 4.07. The molecular weight excluding hydrogens is 382 g/mol. The molecule has 0 spiro atoms. The summed E-state index contributed by atoms with van der Waals surface area (Å²) in [6, 6.07) is 9.51. The van der Waals surface area contributed by atoms with Gasteiger partial charge in [-0.25, -0.2) is 9.78 Å². The first-order valence-corrected chi connectivity index (χ1v) is 10.5. The fourth-order valence-corrected chi connectivity index (χ4v) is 4.19. The Bertz CT molecular complexity index is 929. The topological polar surface area (TPSA) is 84.1 Å². The number of fused-ring (bicyclic) bond motifs is 1. The lowest BCUT2D eigenvalue weighted by atomic mass is 10.1. The number of rotatable bonds is 7. The summed E-state index contributed by atoms with van der Waals surface area (Å²) >= 11 is 2.73. The fourth-order valence-electron chi connectivity index (χ4n) is 2.44. The van der Waals surface area contributed by atoms with Crippen LogP contribution in [0.5, 0.6) is 0 Å². The zero-order valence-corrected chi connectivity index (χ0v) is 17.0. The van der Waals surface area contributed by atoms with Gasteiger partial charge in [0, 0.05) is 4.88 Å². The van der Waals surface area contributed by atoms with Gasteiger partial charge in [-0.1, -0.05) is 37.7 Å². The number of anilines is 1. The highest BCUT2D eigenvalue weighted by Crippen LogP contribution is 2.33. The number of nitrogens with zero attached hydrogens (tertiary/aromatic N) is 1. The molecule has 3 aromatic rings. The highest BCUT2D eigenvalue weighted by molar-refractivity contribution is 7.99. The van der Waals surface area contributed by atoms with Crippen molar-refractivity contribution in [2.45, 2.75) is 31.8 Å². The van der Waals surface area contributed by atoms with E-state index in [4.69, 9.17) is 4.74 Å². The molecule has 27 heavy (non-hydrogen) atoms. The van der Waals surface area contributed by atoms with Gasteiger partial charge in [-0.05, 0) is 31.0 Å². The van der Waals surface area contributed by atoms with Crippen LogP contribution in [0.25, 0.3) is 11.0 Å². The number of ether oxygens (including phenoxy) is 1. The minimum atomic E-state index is -0.416. The van der Waals surface area contributed by atoms with Crippen LogP contribution in [0.1, 0.15) is 41.9 Å². The number of H-pyrrole nitrogens is 1. The second kappa shape index (κ2) is 8.58. The van der Waals surface area contributed by atoms with E-state index in [0.717, 1.165) is 15.9 Å². The molecule has 1 aromatic carbocycles. The molecule has 142 valence electrons. The van der Waals surface area contributed by atoms with Crippen molar-refractivity contribution < 1.29 is 14.3 Å². The van der Waals surface area contributed by atoms with E-state index < -0.39 is 5.97 Å². The number of aromatic amines is 1. The van der Waals surface area contributed by atoms with E-state index in [0.29, 0.717) is 22.3 Å². The number of amides is 1. The van der Waals surface area contributed by atoms with E-state index in [1.165, 1.54) is 23.1 Å². The second-order valence-electron chi connectivity index (χ2n) is 6.16. The molecule has 2 N–H and O–H groups in total. The second-order valence-corrected chi connectivity index (χ2v) is 8.21. The number of carbonyl (C=O) groups is 2. The van der Waals surface area contributed by atoms with Crippen LogP contribution in [-0.4, -0.2) is 34.2 Å². The lowest BCUT2D eigenvalue weighted by Crippen LogP contribution is -2.16. The van der Waals surface area contributed by atoms with E-state index in [-0.39, 0.29) is 17.6 Å². The van der Waals surface area contributed by atoms with Gasteiger partial charge in [0.1, 0.15) is 5.00 Å². The van der Waals surface area contributed by atoms with Gasteiger partial charge >= 0.3 is 5.97 Å². The number of hydrogen-bond donors (Lipinski definition) is 2. The first kappa shape index (κ1) is 19.4. The van der Waals surface area contributed by atoms with Crippen LogP contribution in [0.3, 0.4) is 0 Å². The van der Waals surface area contributed by atoms with Crippen molar-refractivity contribution in [3.05, 3.63) is 40.8 Å². The average molecular weight is 404 g/mol. The number of imidazole rings is 1. The van der Waals surface area contributed by atoms with Crippen molar-refractivity contribution in [3.8, 4) is 0 Å². The first-order chi connectivity index (χ1) is 13.0. The van der Waals surface area contributed by atoms with Crippen LogP contribution >= 0.6 is 23.1 Å². The van der Waals surface area contributed by atoms with Gasteiger partial charge in [-0.2, -0.15) is 0 Å². The Morgan fingerprint density at radius 3 is 2.81 bits per heavy atom. The van der Waals surface area contributed by atoms with Gasteiger partial charge < -0.3 is 15.0 Å². The maximum absolute atomic E-state index is 12.4. The predicted octanol–water partition coefficient (Wildman–Crippen LogP) is 4.66. The average Bonchev–Trinajstić information content (AvgIpc) is 3.24. The van der Waals surface area contributed by atoms with Gasteiger partial charge in [-0.15, -0.1) is 11.3 Å². The molecule has 2 heterocycles. The maximum Gasteiger partial charge on any atom is 0.341 e. The number of aromatic nitrogens is 2. The zero-order chi connectivity index (χ0) is 19.4. The SMILES string of the molecule is CCOC(=O)c1cc(C(C)C)sc1NC(=O)CSc1nc2ccccc2[nH]1. The number of carbonyl (C=O) groups excluding carboxylic acids is 2. The van der Waals surface area contributed by atoms with E-state index in [2.05, 4.69) is 15.3 Å². The molecule has 6 nitrogen and oxygen atoms in total. The predicted molar refractivity (Wildman–Crippen MR) is 110 cm³/mol. The minimum absolute atomic E-state index is 0.191. The van der Waals surface area contributed by atoms with Gasteiger partial charge in [0.05, 0.1) is 29.0 Å². The zero-order valence-electron chi connectivity index (χ0n) is 15.4. The summed E-state index contributed by atoms with van der Waals surface area (Å²) in [5.74, 6) is -0.153. The molecular formula is C19H21N3O3S2. The van der Waals surface area contributed by atoms with Crippen LogP contribution in [0.4, 0.5) is 5.00 Å². The van der Waals surface area contributed by atoms with Crippen LogP contribution in [0.2, 0.25) is 0 Å². The summed E-state index contributed by atoms with van der Waals surface area (Å²) < 4.78 is 5.10. The number of benzene rings is 1. The Morgan fingerprint density at radius 2 is 2.11 bits per heavy atom. The molecule has 3 rings (SSSR count). The lowest BCUT2D eigenvalue weighted by molar-refractivity contribution is -0.113. The van der Waals surface area contributed by atoms with Crippen molar-refractivity contribution in [3.63, 3.8) is 0 Å². The normalized spacial score (nSPS) is 11.1. The summed E-state index contributed by atoms with van der Waals surface area (Å²) in [6.07, 6.45) is 0. The minimum Gasteiger partial charge on any atom is -0.462 e. The third kappa shape index (κ3) is 4.70. The first-order valence-electron chi connectivity index (χ1n) is 8.66. The standard InChI is InChI=1S/C19H21N3O3S2/c1-4-25-18(24)12-9-15(11(2)3)27-17(12)22-16(23)10-26-19-20-13-7-5-6-8-14(13)21-19/h5-9,11H,4,10H2,1-3H3,(H,20,21)(H,22,23). The fraction of sp³-hybridized carbons (Fsp3) is 0.316. The summed E-state index contributed by atoms with van der Waals surface area (Å²) in [7, 11) is 0. The molecule has 0 bridgehead atoms. The number of hydrogen-bond acceptors (Lipinski definition) is 6. The van der Waals surface area contributed by atoms with Crippen molar-refractivity contribution in [2.24, 2.45) is 0 Å². The molecule has 0 aliphatic heterocycles. The quantitative estimate of drug-likeness (QED) is 0.443. The van der Waals surface area contributed by atoms with Crippen LogP contribution in [0, 0.1) is 0 Å². The number of thioether (sulfide) groups is 1. The Labute approximate surface area is 165 Å². The molecule has 0 aliphatic carbocycles. The molecule has 0 fully saturated rings. The lowest BCUT2D eigenvalue weighted by Gasteiger charge is -2.05. The van der Waals surface area contributed by atoms with Crippen molar-refractivity contribution >= 4 is 51.0 Å². The monoisotopic (exact) mass is 403 g/mol. The maximum atomic E-state index is 12.4. The molecule has 0 atom stereocenters. The van der Waals surface area contributed by atoms with E-state index in [1.807, 2.05) is 38.1 Å². The molecule has 0 saturated heterocycles. The van der Waals surface area contributed by atoms with E-state index in [1.54, 1.807) is 13.0 Å². The van der Waals surface area contributed by atoms with Crippen molar-refractivity contribution in [1.82, 2.24) is 9.97 Å². The third-order valence-corrected chi connectivity index (χ3v) is 6.00. The number of para-hydroxylation sites is 2. The number of nitrogens with one attached hydrogen (secondary N) is 2. The third-order valence-electron chi connectivity index (χ3n) is 3.78. The van der Waals surface area contributed by atoms with Gasteiger partial charge in [0.15, 0.2) is 5.16 Å². The largest absolute Gasteiger partial charge is 0.462 e. The van der Waals surface area contributed by atoms with Crippen molar-refractivity contribution in [1.29, 1.82) is 0 Å². The Morgan fingerprint density at radius 1 is 1.33 bits per heavy atom. The Balaban J connectivity index is 1.68. The van der Waals surface area contributed by atoms with Crippen LogP contribution in [-0.2, 0) is 9.53 Å². The highest BCUT2D eigenvalue weighted by atomic mass is 32.2. The van der Waals surface area contributed by atoms with E-state index in [9.17, 15) is 9.59 Å². The number of esters is 1.